The highest BCUT2D eigenvalue weighted by atomic mass is 32.1. The molecule has 2 rings (SSSR count). The van der Waals surface area contributed by atoms with Crippen molar-refractivity contribution in [2.45, 2.75) is 26.3 Å². The Balaban J connectivity index is 2.39. The molecule has 0 aliphatic heterocycles. The van der Waals surface area contributed by atoms with Gasteiger partial charge in [-0.15, -0.1) is 11.3 Å². The standard InChI is InChI=1S/C15H17F2NS/c1-3-5-18-15(14-4-6-19-10(14)2)11-7-12(16)9-13(17)8-11/h4,6-9,15,18H,3,5H2,1-2H3. The van der Waals surface area contributed by atoms with Gasteiger partial charge < -0.3 is 5.32 Å². The SMILES string of the molecule is CCCNC(c1cc(F)cc(F)c1)c1ccsc1C. The Morgan fingerprint density at radius 3 is 2.42 bits per heavy atom. The second kappa shape index (κ2) is 6.26. The fraction of sp³-hybridized carbons (Fsp3) is 0.333. The maximum Gasteiger partial charge on any atom is 0.126 e. The number of halogens is 2. The first-order valence-electron chi connectivity index (χ1n) is 6.35. The summed E-state index contributed by atoms with van der Waals surface area (Å²) in [5.74, 6) is -1.07. The number of hydrogen-bond acceptors (Lipinski definition) is 2. The minimum absolute atomic E-state index is 0.156. The van der Waals surface area contributed by atoms with Crippen molar-refractivity contribution in [3.8, 4) is 0 Å². The van der Waals surface area contributed by atoms with E-state index in [1.807, 2.05) is 18.4 Å². The fourth-order valence-corrected chi connectivity index (χ4v) is 2.87. The monoisotopic (exact) mass is 281 g/mol. The van der Waals surface area contributed by atoms with E-state index in [0.717, 1.165) is 24.6 Å². The molecule has 0 fully saturated rings. The van der Waals surface area contributed by atoms with Crippen molar-refractivity contribution < 1.29 is 8.78 Å². The molecule has 2 aromatic rings. The van der Waals surface area contributed by atoms with Gasteiger partial charge in [-0.05, 0) is 54.6 Å². The van der Waals surface area contributed by atoms with Gasteiger partial charge in [-0.25, -0.2) is 8.78 Å². The maximum absolute atomic E-state index is 13.4. The van der Waals surface area contributed by atoms with Crippen LogP contribution in [0.3, 0.4) is 0 Å². The highest BCUT2D eigenvalue weighted by Gasteiger charge is 2.17. The van der Waals surface area contributed by atoms with Crippen molar-refractivity contribution in [1.82, 2.24) is 5.32 Å². The van der Waals surface area contributed by atoms with E-state index < -0.39 is 11.6 Å². The average Bonchev–Trinajstić information content (AvgIpc) is 2.75. The van der Waals surface area contributed by atoms with Crippen molar-refractivity contribution in [2.75, 3.05) is 6.54 Å². The van der Waals surface area contributed by atoms with Crippen LogP contribution in [-0.2, 0) is 0 Å². The highest BCUT2D eigenvalue weighted by Crippen LogP contribution is 2.29. The lowest BCUT2D eigenvalue weighted by Gasteiger charge is -2.19. The molecule has 0 bridgehead atoms. The van der Waals surface area contributed by atoms with E-state index in [2.05, 4.69) is 12.2 Å². The molecule has 102 valence electrons. The molecule has 19 heavy (non-hydrogen) atoms. The molecule has 1 heterocycles. The lowest BCUT2D eigenvalue weighted by molar-refractivity contribution is 0.558. The van der Waals surface area contributed by atoms with E-state index in [9.17, 15) is 8.78 Å². The molecule has 1 nitrogen and oxygen atoms in total. The fourth-order valence-electron chi connectivity index (χ4n) is 2.13. The molecule has 1 aromatic carbocycles. The van der Waals surface area contributed by atoms with Crippen LogP contribution in [-0.4, -0.2) is 6.54 Å². The molecular formula is C15H17F2NS. The maximum atomic E-state index is 13.4. The van der Waals surface area contributed by atoms with Gasteiger partial charge in [-0.3, -0.25) is 0 Å². The van der Waals surface area contributed by atoms with E-state index in [0.29, 0.717) is 5.56 Å². The molecule has 0 saturated heterocycles. The summed E-state index contributed by atoms with van der Waals surface area (Å²) in [6.07, 6.45) is 0.970. The topological polar surface area (TPSA) is 12.0 Å². The minimum atomic E-state index is -0.536. The summed E-state index contributed by atoms with van der Waals surface area (Å²) >= 11 is 1.64. The summed E-state index contributed by atoms with van der Waals surface area (Å²) in [4.78, 5) is 1.17. The van der Waals surface area contributed by atoms with Gasteiger partial charge in [0.1, 0.15) is 11.6 Å². The van der Waals surface area contributed by atoms with Gasteiger partial charge in [-0.2, -0.15) is 0 Å². The molecule has 1 unspecified atom stereocenters. The Morgan fingerprint density at radius 1 is 1.21 bits per heavy atom. The zero-order chi connectivity index (χ0) is 13.8. The van der Waals surface area contributed by atoms with Gasteiger partial charge in [0.15, 0.2) is 0 Å². The Hall–Kier alpha value is -1.26. The van der Waals surface area contributed by atoms with Crippen LogP contribution in [0.15, 0.2) is 29.6 Å². The summed E-state index contributed by atoms with van der Waals surface area (Å²) in [6, 6.07) is 5.55. The summed E-state index contributed by atoms with van der Waals surface area (Å²) < 4.78 is 26.8. The van der Waals surface area contributed by atoms with Gasteiger partial charge in [0.2, 0.25) is 0 Å². The number of thiophene rings is 1. The second-order valence-electron chi connectivity index (χ2n) is 4.52. The zero-order valence-corrected chi connectivity index (χ0v) is 11.9. The summed E-state index contributed by atoms with van der Waals surface area (Å²) in [7, 11) is 0. The summed E-state index contributed by atoms with van der Waals surface area (Å²) in [6.45, 7) is 4.89. The minimum Gasteiger partial charge on any atom is -0.306 e. The molecule has 0 saturated carbocycles. The third-order valence-corrected chi connectivity index (χ3v) is 3.89. The van der Waals surface area contributed by atoms with Crippen LogP contribution in [0, 0.1) is 18.6 Å². The average molecular weight is 281 g/mol. The molecule has 4 heteroatoms. The van der Waals surface area contributed by atoms with Crippen LogP contribution in [0.25, 0.3) is 0 Å². The van der Waals surface area contributed by atoms with Crippen LogP contribution in [0.1, 0.15) is 35.4 Å². The van der Waals surface area contributed by atoms with Crippen LogP contribution in [0.2, 0.25) is 0 Å². The van der Waals surface area contributed by atoms with E-state index in [1.54, 1.807) is 11.3 Å². The molecule has 1 N–H and O–H groups in total. The Bertz CT molecular complexity index is 531. The molecule has 0 radical (unpaired) electrons. The van der Waals surface area contributed by atoms with E-state index >= 15 is 0 Å². The van der Waals surface area contributed by atoms with Crippen LogP contribution >= 0.6 is 11.3 Å². The summed E-state index contributed by atoms with van der Waals surface area (Å²) in [5, 5.41) is 5.36. The molecule has 1 atom stereocenters. The Morgan fingerprint density at radius 2 is 1.89 bits per heavy atom. The number of benzene rings is 1. The lowest BCUT2D eigenvalue weighted by atomic mass is 9.99. The first-order valence-corrected chi connectivity index (χ1v) is 7.23. The third kappa shape index (κ3) is 3.39. The highest BCUT2D eigenvalue weighted by molar-refractivity contribution is 7.10. The number of nitrogens with one attached hydrogen (secondary N) is 1. The first-order chi connectivity index (χ1) is 9.11. The van der Waals surface area contributed by atoms with E-state index in [4.69, 9.17) is 0 Å². The lowest BCUT2D eigenvalue weighted by Crippen LogP contribution is -2.23. The normalized spacial score (nSPS) is 12.6. The number of rotatable bonds is 5. The predicted octanol–water partition coefficient (Wildman–Crippen LogP) is 4.42. The molecule has 0 aliphatic rings. The largest absolute Gasteiger partial charge is 0.306 e. The van der Waals surface area contributed by atoms with Gasteiger partial charge >= 0.3 is 0 Å². The zero-order valence-electron chi connectivity index (χ0n) is 11.0. The van der Waals surface area contributed by atoms with E-state index in [1.165, 1.54) is 17.0 Å². The summed E-state index contributed by atoms with van der Waals surface area (Å²) in [5.41, 5.74) is 1.72. The predicted molar refractivity (Wildman–Crippen MR) is 75.6 cm³/mol. The van der Waals surface area contributed by atoms with Crippen molar-refractivity contribution in [3.05, 3.63) is 57.3 Å². The number of hydrogen-bond donors (Lipinski definition) is 1. The van der Waals surface area contributed by atoms with Gasteiger partial charge in [-0.1, -0.05) is 6.92 Å². The third-order valence-electron chi connectivity index (χ3n) is 3.03. The quantitative estimate of drug-likeness (QED) is 0.855. The Labute approximate surface area is 116 Å². The van der Waals surface area contributed by atoms with Crippen LogP contribution in [0.5, 0.6) is 0 Å². The van der Waals surface area contributed by atoms with Gasteiger partial charge in [0, 0.05) is 10.9 Å². The molecular weight excluding hydrogens is 264 g/mol. The van der Waals surface area contributed by atoms with Crippen LogP contribution < -0.4 is 5.32 Å². The van der Waals surface area contributed by atoms with Crippen molar-refractivity contribution in [1.29, 1.82) is 0 Å². The van der Waals surface area contributed by atoms with Crippen molar-refractivity contribution in [3.63, 3.8) is 0 Å². The smallest absolute Gasteiger partial charge is 0.126 e. The first kappa shape index (κ1) is 14.2. The van der Waals surface area contributed by atoms with E-state index in [-0.39, 0.29) is 6.04 Å². The van der Waals surface area contributed by atoms with Gasteiger partial charge in [0.25, 0.3) is 0 Å². The molecule has 1 aromatic heterocycles. The molecule has 0 aliphatic carbocycles. The molecule has 0 spiro atoms. The van der Waals surface area contributed by atoms with Crippen molar-refractivity contribution in [2.24, 2.45) is 0 Å². The van der Waals surface area contributed by atoms with Crippen molar-refractivity contribution >= 4 is 11.3 Å². The van der Waals surface area contributed by atoms with Gasteiger partial charge in [0.05, 0.1) is 6.04 Å². The van der Waals surface area contributed by atoms with Crippen LogP contribution in [0.4, 0.5) is 8.78 Å². The Kier molecular flexibility index (Phi) is 4.66. The second-order valence-corrected chi connectivity index (χ2v) is 5.64. The molecule has 0 amide bonds. The number of aryl methyl sites for hydroxylation is 1.